The topological polar surface area (TPSA) is 109 Å². The van der Waals surface area contributed by atoms with Crippen LogP contribution in [0.1, 0.15) is 25.8 Å². The summed E-state index contributed by atoms with van der Waals surface area (Å²) in [6.45, 7) is 5.69. The van der Waals surface area contributed by atoms with Gasteiger partial charge in [-0.25, -0.2) is 13.6 Å². The van der Waals surface area contributed by atoms with E-state index in [-0.39, 0.29) is 11.1 Å². The fourth-order valence-electron chi connectivity index (χ4n) is 1.92. The van der Waals surface area contributed by atoms with Gasteiger partial charge in [0.15, 0.2) is 5.82 Å². The van der Waals surface area contributed by atoms with Crippen LogP contribution >= 0.6 is 0 Å². The Balaban J connectivity index is 2.40. The first kappa shape index (κ1) is 14.4. The van der Waals surface area contributed by atoms with Crippen molar-refractivity contribution in [1.82, 2.24) is 14.8 Å². The lowest BCUT2D eigenvalue weighted by Crippen LogP contribution is -2.27. The van der Waals surface area contributed by atoms with Crippen LogP contribution in [0.5, 0.6) is 0 Å². The molecule has 0 radical (unpaired) electrons. The predicted octanol–water partition coefficient (Wildman–Crippen LogP) is -0.331. The summed E-state index contributed by atoms with van der Waals surface area (Å²) in [4.78, 5) is 0. The average Bonchev–Trinajstić information content (AvgIpc) is 2.72. The van der Waals surface area contributed by atoms with Crippen molar-refractivity contribution in [3.63, 3.8) is 0 Å². The van der Waals surface area contributed by atoms with Gasteiger partial charge in [0.25, 0.3) is 15.2 Å². The van der Waals surface area contributed by atoms with E-state index in [1.165, 1.54) is 4.57 Å². The molecular weight excluding hydrogens is 272 g/mol. The maximum absolute atomic E-state index is 11.5. The number of sulfonamides is 1. The maximum atomic E-state index is 11.5. The molecule has 108 valence electrons. The summed E-state index contributed by atoms with van der Waals surface area (Å²) in [5, 5.41) is 12.5. The summed E-state index contributed by atoms with van der Waals surface area (Å²) in [5.74, 6) is 0.664. The first-order valence-corrected chi connectivity index (χ1v) is 7.59. The predicted molar refractivity (Wildman–Crippen MR) is 65.7 cm³/mol. The average molecular weight is 290 g/mol. The van der Waals surface area contributed by atoms with Crippen molar-refractivity contribution in [2.24, 2.45) is 11.1 Å². The highest BCUT2D eigenvalue weighted by atomic mass is 32.2. The van der Waals surface area contributed by atoms with Crippen molar-refractivity contribution in [3.8, 4) is 0 Å². The summed E-state index contributed by atoms with van der Waals surface area (Å²) < 4.78 is 35.4. The minimum absolute atomic E-state index is 0.222. The van der Waals surface area contributed by atoms with Crippen LogP contribution in [0.25, 0.3) is 0 Å². The van der Waals surface area contributed by atoms with Crippen LogP contribution in [0, 0.1) is 5.92 Å². The minimum atomic E-state index is -3.90. The van der Waals surface area contributed by atoms with E-state index < -0.39 is 16.1 Å². The second-order valence-corrected chi connectivity index (χ2v) is 6.28. The van der Waals surface area contributed by atoms with Gasteiger partial charge in [-0.3, -0.25) is 4.57 Å². The SMILES string of the molecule is CC(C)Cn1c(C2COCCO2)nnc1S(N)(=O)=O. The van der Waals surface area contributed by atoms with Gasteiger partial charge in [0.05, 0.1) is 19.8 Å². The molecule has 1 atom stereocenters. The van der Waals surface area contributed by atoms with Crippen molar-refractivity contribution in [2.45, 2.75) is 31.7 Å². The van der Waals surface area contributed by atoms with Gasteiger partial charge in [-0.2, -0.15) is 0 Å². The second kappa shape index (κ2) is 5.53. The molecule has 1 aliphatic rings. The lowest BCUT2D eigenvalue weighted by atomic mass is 10.2. The summed E-state index contributed by atoms with van der Waals surface area (Å²) in [7, 11) is -3.90. The highest BCUT2D eigenvalue weighted by Gasteiger charge is 2.28. The van der Waals surface area contributed by atoms with Crippen molar-refractivity contribution in [3.05, 3.63) is 5.82 Å². The number of hydrogen-bond donors (Lipinski definition) is 1. The van der Waals surface area contributed by atoms with Crippen molar-refractivity contribution in [2.75, 3.05) is 19.8 Å². The van der Waals surface area contributed by atoms with Gasteiger partial charge >= 0.3 is 0 Å². The molecule has 0 saturated carbocycles. The molecule has 9 heteroatoms. The van der Waals surface area contributed by atoms with Crippen LogP contribution in [-0.4, -0.2) is 43.0 Å². The minimum Gasteiger partial charge on any atom is -0.376 e. The van der Waals surface area contributed by atoms with Crippen LogP contribution in [0.4, 0.5) is 0 Å². The van der Waals surface area contributed by atoms with E-state index in [1.54, 1.807) is 0 Å². The van der Waals surface area contributed by atoms with Gasteiger partial charge in [0, 0.05) is 6.54 Å². The third-order valence-electron chi connectivity index (χ3n) is 2.65. The van der Waals surface area contributed by atoms with Gasteiger partial charge in [-0.1, -0.05) is 13.8 Å². The number of nitrogens with zero attached hydrogens (tertiary/aromatic N) is 3. The van der Waals surface area contributed by atoms with E-state index in [1.807, 2.05) is 13.8 Å². The molecule has 0 aromatic carbocycles. The fraction of sp³-hybridized carbons (Fsp3) is 0.800. The Morgan fingerprint density at radius 1 is 1.42 bits per heavy atom. The Morgan fingerprint density at radius 2 is 2.16 bits per heavy atom. The Labute approximate surface area is 111 Å². The highest BCUT2D eigenvalue weighted by molar-refractivity contribution is 7.89. The summed E-state index contributed by atoms with van der Waals surface area (Å²) in [5.41, 5.74) is 0. The van der Waals surface area contributed by atoms with E-state index in [4.69, 9.17) is 14.6 Å². The molecule has 1 aliphatic heterocycles. The van der Waals surface area contributed by atoms with Crippen molar-refractivity contribution in [1.29, 1.82) is 0 Å². The number of primary sulfonamides is 1. The highest BCUT2D eigenvalue weighted by Crippen LogP contribution is 2.22. The lowest BCUT2D eigenvalue weighted by molar-refractivity contribution is -0.0951. The molecule has 1 aromatic heterocycles. The Hall–Kier alpha value is -1.03. The molecule has 1 saturated heterocycles. The van der Waals surface area contributed by atoms with Gasteiger partial charge < -0.3 is 9.47 Å². The summed E-state index contributed by atoms with van der Waals surface area (Å²) in [6.07, 6.45) is -0.407. The zero-order valence-corrected chi connectivity index (χ0v) is 11.8. The van der Waals surface area contributed by atoms with Crippen LogP contribution in [0.15, 0.2) is 5.16 Å². The molecule has 19 heavy (non-hydrogen) atoms. The number of aromatic nitrogens is 3. The molecule has 1 fully saturated rings. The van der Waals surface area contributed by atoms with Crippen LogP contribution < -0.4 is 5.14 Å². The largest absolute Gasteiger partial charge is 0.376 e. The summed E-state index contributed by atoms with van der Waals surface area (Å²) >= 11 is 0. The third kappa shape index (κ3) is 3.30. The first-order chi connectivity index (χ1) is 8.89. The fourth-order valence-corrected chi connectivity index (χ4v) is 2.55. The van der Waals surface area contributed by atoms with Crippen LogP contribution in [-0.2, 0) is 26.0 Å². The molecule has 2 N–H and O–H groups in total. The maximum Gasteiger partial charge on any atom is 0.273 e. The van der Waals surface area contributed by atoms with Gasteiger partial charge in [0.1, 0.15) is 6.10 Å². The second-order valence-electron chi connectivity index (χ2n) is 4.82. The zero-order valence-electron chi connectivity index (χ0n) is 10.9. The first-order valence-electron chi connectivity index (χ1n) is 6.05. The Kier molecular flexibility index (Phi) is 4.19. The van der Waals surface area contributed by atoms with Gasteiger partial charge in [-0.05, 0) is 5.92 Å². The monoisotopic (exact) mass is 290 g/mol. The number of hydrogen-bond acceptors (Lipinski definition) is 6. The standard InChI is InChI=1S/C10H18N4O4S/c1-7(2)5-14-9(8-6-17-3-4-18-8)12-13-10(14)19(11,15)16/h7-8H,3-6H2,1-2H3,(H2,11,15,16). The lowest BCUT2D eigenvalue weighted by Gasteiger charge is -2.23. The molecular formula is C10H18N4O4S. The van der Waals surface area contributed by atoms with Crippen LogP contribution in [0.3, 0.4) is 0 Å². The molecule has 0 amide bonds. The van der Waals surface area contributed by atoms with E-state index in [2.05, 4.69) is 10.2 Å². The van der Waals surface area contributed by atoms with Crippen molar-refractivity contribution < 1.29 is 17.9 Å². The summed E-state index contributed by atoms with van der Waals surface area (Å²) in [6, 6.07) is 0. The molecule has 0 spiro atoms. The van der Waals surface area contributed by atoms with E-state index >= 15 is 0 Å². The zero-order chi connectivity index (χ0) is 14.0. The molecule has 0 bridgehead atoms. The van der Waals surface area contributed by atoms with Gasteiger partial charge in [-0.15, -0.1) is 10.2 Å². The Bertz CT molecular complexity index is 534. The molecule has 8 nitrogen and oxygen atoms in total. The molecule has 2 heterocycles. The quantitative estimate of drug-likeness (QED) is 0.813. The Morgan fingerprint density at radius 3 is 2.68 bits per heavy atom. The number of rotatable bonds is 4. The molecule has 1 aromatic rings. The molecule has 1 unspecified atom stereocenters. The molecule has 0 aliphatic carbocycles. The molecule has 2 rings (SSSR count). The number of nitrogens with two attached hydrogens (primary N) is 1. The van der Waals surface area contributed by atoms with E-state index in [0.717, 1.165) is 0 Å². The van der Waals surface area contributed by atoms with Gasteiger partial charge in [0.2, 0.25) is 0 Å². The smallest absolute Gasteiger partial charge is 0.273 e. The third-order valence-corrected chi connectivity index (χ3v) is 3.46. The number of ether oxygens (including phenoxy) is 2. The van der Waals surface area contributed by atoms with E-state index in [0.29, 0.717) is 32.2 Å². The van der Waals surface area contributed by atoms with Crippen molar-refractivity contribution >= 4 is 10.0 Å². The van der Waals surface area contributed by atoms with Crippen LogP contribution in [0.2, 0.25) is 0 Å². The van der Waals surface area contributed by atoms with E-state index in [9.17, 15) is 8.42 Å². The normalized spacial score (nSPS) is 20.9.